The third kappa shape index (κ3) is 3.12. The first-order valence-electron chi connectivity index (χ1n) is 7.20. The molecule has 0 aliphatic heterocycles. The van der Waals surface area contributed by atoms with Crippen molar-refractivity contribution in [1.29, 1.82) is 0 Å². The van der Waals surface area contributed by atoms with Gasteiger partial charge in [0.05, 0.1) is 11.0 Å². The Hall–Kier alpha value is -1.55. The van der Waals surface area contributed by atoms with Crippen molar-refractivity contribution >= 4 is 11.6 Å². The standard InChI is InChI=1S/C16H24N2O2/c1-15(2,12-5-7-13(17)8-6-12)14(19)18-11-16(20)9-3-4-10-16/h5-8,20H,3-4,9-11,17H2,1-2H3,(H,18,19). The van der Waals surface area contributed by atoms with Crippen LogP contribution in [-0.2, 0) is 10.2 Å². The highest BCUT2D eigenvalue weighted by Gasteiger charge is 2.35. The second-order valence-electron chi connectivity index (χ2n) is 6.36. The number of hydrogen-bond donors (Lipinski definition) is 3. The van der Waals surface area contributed by atoms with Crippen molar-refractivity contribution in [2.45, 2.75) is 50.5 Å². The topological polar surface area (TPSA) is 75.3 Å². The second kappa shape index (κ2) is 5.44. The molecule has 0 aromatic heterocycles. The van der Waals surface area contributed by atoms with Gasteiger partial charge in [0.25, 0.3) is 0 Å². The number of nitrogen functional groups attached to an aromatic ring is 1. The lowest BCUT2D eigenvalue weighted by Crippen LogP contribution is -2.47. The van der Waals surface area contributed by atoms with E-state index in [-0.39, 0.29) is 5.91 Å². The normalized spacial score (nSPS) is 17.9. The predicted octanol–water partition coefficient (Wildman–Crippen LogP) is 1.97. The number of amides is 1. The number of carbonyl (C=O) groups is 1. The van der Waals surface area contributed by atoms with Gasteiger partial charge in [-0.05, 0) is 44.4 Å². The van der Waals surface area contributed by atoms with Crippen LogP contribution in [0.1, 0.15) is 45.1 Å². The number of carbonyl (C=O) groups excluding carboxylic acids is 1. The van der Waals surface area contributed by atoms with Crippen molar-refractivity contribution in [3.63, 3.8) is 0 Å². The molecular weight excluding hydrogens is 252 g/mol. The molecule has 0 saturated heterocycles. The Morgan fingerprint density at radius 2 is 1.85 bits per heavy atom. The predicted molar refractivity (Wildman–Crippen MR) is 80.3 cm³/mol. The lowest BCUT2D eigenvalue weighted by Gasteiger charge is -2.28. The van der Waals surface area contributed by atoms with Crippen LogP contribution in [0.5, 0.6) is 0 Å². The van der Waals surface area contributed by atoms with E-state index in [1.165, 1.54) is 0 Å². The van der Waals surface area contributed by atoms with Gasteiger partial charge in [-0.2, -0.15) is 0 Å². The molecule has 1 amide bonds. The number of benzene rings is 1. The largest absolute Gasteiger partial charge is 0.399 e. The van der Waals surface area contributed by atoms with Gasteiger partial charge < -0.3 is 16.2 Å². The quantitative estimate of drug-likeness (QED) is 0.736. The SMILES string of the molecule is CC(C)(C(=O)NCC1(O)CCCC1)c1ccc(N)cc1. The molecule has 1 fully saturated rings. The van der Waals surface area contributed by atoms with Crippen molar-refractivity contribution in [2.75, 3.05) is 12.3 Å². The van der Waals surface area contributed by atoms with Gasteiger partial charge in [0.2, 0.25) is 5.91 Å². The lowest BCUT2D eigenvalue weighted by atomic mass is 9.83. The zero-order valence-electron chi connectivity index (χ0n) is 12.3. The van der Waals surface area contributed by atoms with Crippen molar-refractivity contribution in [3.8, 4) is 0 Å². The molecule has 20 heavy (non-hydrogen) atoms. The van der Waals surface area contributed by atoms with Crippen LogP contribution < -0.4 is 11.1 Å². The smallest absolute Gasteiger partial charge is 0.230 e. The van der Waals surface area contributed by atoms with Crippen molar-refractivity contribution in [1.82, 2.24) is 5.32 Å². The summed E-state index contributed by atoms with van der Waals surface area (Å²) in [5, 5.41) is 13.2. The molecule has 110 valence electrons. The van der Waals surface area contributed by atoms with E-state index in [0.29, 0.717) is 12.2 Å². The monoisotopic (exact) mass is 276 g/mol. The molecule has 1 aromatic carbocycles. The first-order chi connectivity index (χ1) is 9.33. The average molecular weight is 276 g/mol. The number of hydrogen-bond acceptors (Lipinski definition) is 3. The molecule has 0 atom stereocenters. The fourth-order valence-corrected chi connectivity index (χ4v) is 2.71. The summed E-state index contributed by atoms with van der Waals surface area (Å²) >= 11 is 0. The van der Waals surface area contributed by atoms with Gasteiger partial charge in [-0.15, -0.1) is 0 Å². The molecule has 1 aromatic rings. The minimum absolute atomic E-state index is 0.0670. The van der Waals surface area contributed by atoms with Gasteiger partial charge in [0.15, 0.2) is 0 Å². The van der Waals surface area contributed by atoms with Crippen molar-refractivity contribution in [2.24, 2.45) is 0 Å². The van der Waals surface area contributed by atoms with E-state index >= 15 is 0 Å². The molecule has 0 bridgehead atoms. The Labute approximate surface area is 120 Å². The fourth-order valence-electron chi connectivity index (χ4n) is 2.71. The number of rotatable bonds is 4. The number of nitrogens with one attached hydrogen (secondary N) is 1. The first kappa shape index (κ1) is 14.9. The minimum atomic E-state index is -0.715. The minimum Gasteiger partial charge on any atom is -0.399 e. The van der Waals surface area contributed by atoms with E-state index in [4.69, 9.17) is 5.73 Å². The Bertz CT molecular complexity index is 474. The summed E-state index contributed by atoms with van der Waals surface area (Å²) in [6.07, 6.45) is 3.62. The van der Waals surface area contributed by atoms with Crippen LogP contribution in [0, 0.1) is 0 Å². The van der Waals surface area contributed by atoms with E-state index in [2.05, 4.69) is 5.32 Å². The van der Waals surface area contributed by atoms with Crippen LogP contribution in [0.4, 0.5) is 5.69 Å². The van der Waals surface area contributed by atoms with Crippen molar-refractivity contribution in [3.05, 3.63) is 29.8 Å². The third-order valence-electron chi connectivity index (χ3n) is 4.31. The molecule has 4 nitrogen and oxygen atoms in total. The molecule has 0 radical (unpaired) electrons. The van der Waals surface area contributed by atoms with Crippen LogP contribution >= 0.6 is 0 Å². The summed E-state index contributed by atoms with van der Waals surface area (Å²) in [5.41, 5.74) is 5.92. The molecule has 1 saturated carbocycles. The van der Waals surface area contributed by atoms with Crippen LogP contribution in [0.3, 0.4) is 0 Å². The molecule has 2 rings (SSSR count). The fraction of sp³-hybridized carbons (Fsp3) is 0.562. The third-order valence-corrected chi connectivity index (χ3v) is 4.31. The van der Waals surface area contributed by atoms with Gasteiger partial charge in [-0.1, -0.05) is 25.0 Å². The van der Waals surface area contributed by atoms with Crippen LogP contribution in [0.25, 0.3) is 0 Å². The Morgan fingerprint density at radius 3 is 2.40 bits per heavy atom. The maximum Gasteiger partial charge on any atom is 0.230 e. The number of anilines is 1. The molecule has 0 heterocycles. The van der Waals surface area contributed by atoms with E-state index in [0.717, 1.165) is 31.2 Å². The molecule has 0 spiro atoms. The summed E-state index contributed by atoms with van der Waals surface area (Å²) in [6, 6.07) is 7.35. The highest BCUT2D eigenvalue weighted by Crippen LogP contribution is 2.29. The molecule has 1 aliphatic carbocycles. The zero-order chi connectivity index (χ0) is 14.8. The van der Waals surface area contributed by atoms with E-state index < -0.39 is 11.0 Å². The Balaban J connectivity index is 2.01. The maximum absolute atomic E-state index is 12.4. The van der Waals surface area contributed by atoms with Crippen molar-refractivity contribution < 1.29 is 9.90 Å². The second-order valence-corrected chi connectivity index (χ2v) is 6.36. The summed E-state index contributed by atoms with van der Waals surface area (Å²) < 4.78 is 0. The molecule has 4 N–H and O–H groups in total. The van der Waals surface area contributed by atoms with Gasteiger partial charge in [-0.25, -0.2) is 0 Å². The van der Waals surface area contributed by atoms with Gasteiger partial charge in [0.1, 0.15) is 0 Å². The van der Waals surface area contributed by atoms with Gasteiger partial charge in [0, 0.05) is 12.2 Å². The molecule has 4 heteroatoms. The van der Waals surface area contributed by atoms with Crippen LogP contribution in [-0.4, -0.2) is 23.2 Å². The van der Waals surface area contributed by atoms with Crippen LogP contribution in [0.15, 0.2) is 24.3 Å². The molecule has 1 aliphatic rings. The summed E-state index contributed by atoms with van der Waals surface area (Å²) in [6.45, 7) is 4.10. The average Bonchev–Trinajstić information content (AvgIpc) is 2.84. The first-order valence-corrected chi connectivity index (χ1v) is 7.20. The van der Waals surface area contributed by atoms with E-state index in [9.17, 15) is 9.90 Å². The molecule has 0 unspecified atom stereocenters. The summed E-state index contributed by atoms with van der Waals surface area (Å²) in [4.78, 5) is 12.4. The highest BCUT2D eigenvalue weighted by atomic mass is 16.3. The summed E-state index contributed by atoms with van der Waals surface area (Å²) in [7, 11) is 0. The number of aliphatic hydroxyl groups is 1. The molecular formula is C16H24N2O2. The van der Waals surface area contributed by atoms with E-state index in [1.807, 2.05) is 26.0 Å². The number of nitrogens with two attached hydrogens (primary N) is 1. The van der Waals surface area contributed by atoms with Crippen LogP contribution in [0.2, 0.25) is 0 Å². The Kier molecular flexibility index (Phi) is 4.04. The zero-order valence-corrected chi connectivity index (χ0v) is 12.3. The Morgan fingerprint density at radius 1 is 1.30 bits per heavy atom. The van der Waals surface area contributed by atoms with Gasteiger partial charge >= 0.3 is 0 Å². The van der Waals surface area contributed by atoms with E-state index in [1.54, 1.807) is 12.1 Å². The summed E-state index contributed by atoms with van der Waals surface area (Å²) in [5.74, 6) is -0.0670. The maximum atomic E-state index is 12.4. The van der Waals surface area contributed by atoms with Gasteiger partial charge in [-0.3, -0.25) is 4.79 Å². The lowest BCUT2D eigenvalue weighted by molar-refractivity contribution is -0.126. The highest BCUT2D eigenvalue weighted by molar-refractivity contribution is 5.87.